The first kappa shape index (κ1) is 6.60. The predicted molar refractivity (Wildman–Crippen MR) is 32.7 cm³/mol. The predicted octanol–water partition coefficient (Wildman–Crippen LogP) is -0.673. The molecule has 0 aliphatic heterocycles. The van der Waals surface area contributed by atoms with E-state index in [0.29, 0.717) is 0 Å². The summed E-state index contributed by atoms with van der Waals surface area (Å²) in [6, 6.07) is 1.08. The van der Waals surface area contributed by atoms with Crippen LogP contribution in [-0.4, -0.2) is 18.1 Å². The zero-order valence-electron chi connectivity index (χ0n) is 5.30. The second-order valence-corrected chi connectivity index (χ2v) is 1.66. The van der Waals surface area contributed by atoms with Crippen molar-refractivity contribution in [3.63, 3.8) is 0 Å². The Morgan fingerprint density at radius 1 is 1.80 bits per heavy atom. The maximum atomic E-state index is 10.7. The molecule has 10 heavy (non-hydrogen) atoms. The van der Waals surface area contributed by atoms with Crippen LogP contribution in [0.15, 0.2) is 15.4 Å². The quantitative estimate of drug-likeness (QED) is 0.545. The van der Waals surface area contributed by atoms with Gasteiger partial charge in [0.05, 0.1) is 6.07 Å². The zero-order chi connectivity index (χ0) is 7.56. The zero-order valence-corrected chi connectivity index (χ0v) is 5.30. The maximum absolute atomic E-state index is 10.7. The Morgan fingerprint density at radius 2 is 2.50 bits per heavy atom. The van der Waals surface area contributed by atoms with Gasteiger partial charge in [-0.1, -0.05) is 0 Å². The summed E-state index contributed by atoms with van der Waals surface area (Å²) in [7, 11) is 1.47. The van der Waals surface area contributed by atoms with E-state index in [9.17, 15) is 9.59 Å². The molecule has 0 spiro atoms. The Labute approximate surface area is 56.0 Å². The molecule has 0 aliphatic carbocycles. The van der Waals surface area contributed by atoms with Crippen molar-refractivity contribution in [3.8, 4) is 0 Å². The first-order chi connectivity index (χ1) is 4.74. The summed E-state index contributed by atoms with van der Waals surface area (Å²) in [4.78, 5) is 21.0. The lowest BCUT2D eigenvalue weighted by Crippen LogP contribution is -2.18. The van der Waals surface area contributed by atoms with Crippen LogP contribution in [0.2, 0.25) is 0 Å². The molecular weight excluding hydrogens is 136 g/mol. The minimum atomic E-state index is -0.557. The van der Waals surface area contributed by atoms with E-state index in [4.69, 9.17) is 0 Å². The van der Waals surface area contributed by atoms with Gasteiger partial charge in [-0.25, -0.2) is 9.95 Å². The molecule has 0 aromatic carbocycles. The minimum Gasteiger partial charge on any atom is -0.354 e. The second kappa shape index (κ2) is 2.38. The number of hydrogen-bond donors (Lipinski definition) is 2. The third-order valence-electron chi connectivity index (χ3n) is 0.995. The van der Waals surface area contributed by atoms with Crippen LogP contribution in [0.5, 0.6) is 0 Å². The van der Waals surface area contributed by atoms with Gasteiger partial charge in [0.25, 0.3) is 5.91 Å². The number of H-pyrrole nitrogens is 1. The van der Waals surface area contributed by atoms with Crippen molar-refractivity contribution < 1.29 is 9.32 Å². The molecule has 0 aliphatic rings. The van der Waals surface area contributed by atoms with E-state index in [-0.39, 0.29) is 11.6 Å². The molecule has 1 amide bonds. The largest absolute Gasteiger partial charge is 0.358 e. The molecule has 1 rings (SSSR count). The Kier molecular flexibility index (Phi) is 1.57. The van der Waals surface area contributed by atoms with Gasteiger partial charge in [0.1, 0.15) is 5.69 Å². The van der Waals surface area contributed by atoms with Gasteiger partial charge in [0, 0.05) is 7.05 Å². The average molecular weight is 142 g/mol. The SMILES string of the molecule is CNC(=O)c1cc(=O)o[nH]1. The molecule has 5 nitrogen and oxygen atoms in total. The van der Waals surface area contributed by atoms with Crippen molar-refractivity contribution in [2.75, 3.05) is 7.05 Å². The van der Waals surface area contributed by atoms with Crippen LogP contribution in [-0.2, 0) is 0 Å². The van der Waals surface area contributed by atoms with Crippen LogP contribution < -0.4 is 10.9 Å². The first-order valence-electron chi connectivity index (χ1n) is 2.64. The van der Waals surface area contributed by atoms with Crippen molar-refractivity contribution in [2.24, 2.45) is 0 Å². The maximum Gasteiger partial charge on any atom is 0.358 e. The lowest BCUT2D eigenvalue weighted by atomic mass is 10.4. The van der Waals surface area contributed by atoms with Gasteiger partial charge in [0.2, 0.25) is 0 Å². The van der Waals surface area contributed by atoms with E-state index in [1.165, 1.54) is 7.05 Å². The Balaban J connectivity index is 2.95. The number of rotatable bonds is 1. The third-order valence-corrected chi connectivity index (χ3v) is 0.995. The number of aromatic nitrogens is 1. The van der Waals surface area contributed by atoms with Crippen molar-refractivity contribution >= 4 is 5.91 Å². The number of carbonyl (C=O) groups is 1. The van der Waals surface area contributed by atoms with Gasteiger partial charge >= 0.3 is 5.63 Å². The summed E-state index contributed by atoms with van der Waals surface area (Å²) in [6.07, 6.45) is 0. The normalized spacial score (nSPS) is 9.30. The Hall–Kier alpha value is -1.52. The van der Waals surface area contributed by atoms with Crippen LogP contribution in [0.4, 0.5) is 0 Å². The second-order valence-electron chi connectivity index (χ2n) is 1.66. The molecule has 0 saturated carbocycles. The van der Waals surface area contributed by atoms with Crippen molar-refractivity contribution in [1.29, 1.82) is 0 Å². The topological polar surface area (TPSA) is 75.1 Å². The number of nitrogens with one attached hydrogen (secondary N) is 2. The first-order valence-corrected chi connectivity index (χ1v) is 2.64. The number of hydrogen-bond acceptors (Lipinski definition) is 3. The molecule has 0 fully saturated rings. The van der Waals surface area contributed by atoms with Gasteiger partial charge in [-0.2, -0.15) is 0 Å². The van der Waals surface area contributed by atoms with E-state index in [0.717, 1.165) is 6.07 Å². The van der Waals surface area contributed by atoms with E-state index < -0.39 is 5.63 Å². The molecule has 0 atom stereocenters. The lowest BCUT2D eigenvalue weighted by Gasteiger charge is -1.89. The average Bonchev–Trinajstić information content (AvgIpc) is 2.34. The standard InChI is InChI=1S/C5H6N2O3/c1-6-5(9)3-2-4(8)10-7-3/h2,7H,1H3,(H,6,9). The van der Waals surface area contributed by atoms with E-state index in [1.807, 2.05) is 0 Å². The van der Waals surface area contributed by atoms with Gasteiger partial charge in [-0.15, -0.1) is 0 Å². The highest BCUT2D eigenvalue weighted by Gasteiger charge is 2.05. The van der Waals surface area contributed by atoms with Crippen LogP contribution in [0.3, 0.4) is 0 Å². The summed E-state index contributed by atoms with van der Waals surface area (Å²) in [5.74, 6) is -0.370. The van der Waals surface area contributed by atoms with Gasteiger partial charge < -0.3 is 9.84 Å². The Morgan fingerprint density at radius 3 is 2.90 bits per heavy atom. The van der Waals surface area contributed by atoms with Crippen molar-refractivity contribution in [1.82, 2.24) is 10.5 Å². The summed E-state index contributed by atoms with van der Waals surface area (Å²) in [6.45, 7) is 0. The minimum absolute atomic E-state index is 0.132. The smallest absolute Gasteiger partial charge is 0.354 e. The fourth-order valence-electron chi connectivity index (χ4n) is 0.529. The van der Waals surface area contributed by atoms with Crippen LogP contribution in [0.25, 0.3) is 0 Å². The number of aromatic amines is 1. The molecule has 0 radical (unpaired) electrons. The fourth-order valence-corrected chi connectivity index (χ4v) is 0.529. The van der Waals surface area contributed by atoms with Crippen molar-refractivity contribution in [3.05, 3.63) is 22.2 Å². The fraction of sp³-hybridized carbons (Fsp3) is 0.200. The molecule has 2 N–H and O–H groups in total. The summed E-state index contributed by atoms with van der Waals surface area (Å²) in [5, 5.41) is 4.48. The molecule has 0 unspecified atom stereocenters. The van der Waals surface area contributed by atoms with E-state index in [1.54, 1.807) is 0 Å². The summed E-state index contributed by atoms with van der Waals surface area (Å²) < 4.78 is 4.25. The molecular formula is C5H6N2O3. The van der Waals surface area contributed by atoms with Crippen molar-refractivity contribution in [2.45, 2.75) is 0 Å². The number of amides is 1. The van der Waals surface area contributed by atoms with Crippen LogP contribution in [0, 0.1) is 0 Å². The monoisotopic (exact) mass is 142 g/mol. The molecule has 0 bridgehead atoms. The van der Waals surface area contributed by atoms with Gasteiger partial charge in [0.15, 0.2) is 0 Å². The highest BCUT2D eigenvalue weighted by atomic mass is 16.5. The third kappa shape index (κ3) is 1.07. The van der Waals surface area contributed by atoms with E-state index >= 15 is 0 Å². The summed E-state index contributed by atoms with van der Waals surface area (Å²) in [5.41, 5.74) is -0.425. The van der Waals surface area contributed by atoms with Gasteiger partial charge in [-0.05, 0) is 0 Å². The lowest BCUT2D eigenvalue weighted by molar-refractivity contribution is 0.0954. The molecule has 0 saturated heterocycles. The highest BCUT2D eigenvalue weighted by molar-refractivity contribution is 5.91. The Bertz CT molecular complexity index is 285. The molecule has 1 aromatic rings. The van der Waals surface area contributed by atoms with Gasteiger partial charge in [-0.3, -0.25) is 4.79 Å². The van der Waals surface area contributed by atoms with Crippen LogP contribution >= 0.6 is 0 Å². The highest BCUT2D eigenvalue weighted by Crippen LogP contribution is 1.86. The number of carbonyl (C=O) groups excluding carboxylic acids is 1. The molecule has 5 heteroatoms. The van der Waals surface area contributed by atoms with E-state index in [2.05, 4.69) is 15.0 Å². The molecule has 1 aromatic heterocycles. The summed E-state index contributed by atoms with van der Waals surface area (Å²) >= 11 is 0. The molecule has 1 heterocycles. The van der Waals surface area contributed by atoms with Crippen LogP contribution in [0.1, 0.15) is 10.5 Å². The molecule has 54 valence electrons.